The van der Waals surface area contributed by atoms with Crippen LogP contribution >= 0.6 is 0 Å². The summed E-state index contributed by atoms with van der Waals surface area (Å²) in [4.78, 5) is 33.0. The molecule has 1 aliphatic rings. The standard InChI is InChI=1S/C20H24N2O4/c1-7-25-19(24)18(12(2)17-10-21-11-26-17)14(4)22-16-8-15(23)9-20(5,6)13(16)3/h8,10-11H,3,7,9H2,1-2,4-6H3/b18-12-,22-14?. The summed E-state index contributed by atoms with van der Waals surface area (Å²) in [5, 5.41) is 0. The van der Waals surface area contributed by atoms with Gasteiger partial charge in [-0.15, -0.1) is 0 Å². The van der Waals surface area contributed by atoms with Crippen molar-refractivity contribution in [1.82, 2.24) is 4.98 Å². The predicted molar refractivity (Wildman–Crippen MR) is 99.5 cm³/mol. The number of ether oxygens (including phenoxy) is 1. The summed E-state index contributed by atoms with van der Waals surface area (Å²) in [5.74, 6) is -0.0618. The minimum Gasteiger partial charge on any atom is -0.462 e. The van der Waals surface area contributed by atoms with Gasteiger partial charge in [0, 0.05) is 18.1 Å². The Kier molecular flexibility index (Phi) is 5.75. The first-order valence-corrected chi connectivity index (χ1v) is 8.44. The van der Waals surface area contributed by atoms with Crippen LogP contribution < -0.4 is 0 Å². The molecule has 0 bridgehead atoms. The van der Waals surface area contributed by atoms with Crippen LogP contribution in [-0.4, -0.2) is 29.1 Å². The number of carbonyl (C=O) groups excluding carboxylic acids is 2. The summed E-state index contributed by atoms with van der Waals surface area (Å²) in [7, 11) is 0. The summed E-state index contributed by atoms with van der Waals surface area (Å²) < 4.78 is 10.5. The van der Waals surface area contributed by atoms with Gasteiger partial charge in [0.25, 0.3) is 0 Å². The van der Waals surface area contributed by atoms with Crippen molar-refractivity contribution in [2.75, 3.05) is 6.61 Å². The normalized spacial score (nSPS) is 18.3. The molecule has 0 aliphatic heterocycles. The van der Waals surface area contributed by atoms with Crippen molar-refractivity contribution in [1.29, 1.82) is 0 Å². The van der Waals surface area contributed by atoms with Gasteiger partial charge in [-0.3, -0.25) is 9.79 Å². The number of nitrogens with zero attached hydrogens (tertiary/aromatic N) is 2. The van der Waals surface area contributed by atoms with Crippen LogP contribution in [0, 0.1) is 5.41 Å². The van der Waals surface area contributed by atoms with Crippen LogP contribution in [0.4, 0.5) is 0 Å². The molecule has 1 aromatic rings. The molecule has 0 atom stereocenters. The average Bonchev–Trinajstić information content (AvgIpc) is 3.06. The van der Waals surface area contributed by atoms with E-state index in [4.69, 9.17) is 9.15 Å². The van der Waals surface area contributed by atoms with Crippen LogP contribution in [0.5, 0.6) is 0 Å². The minimum atomic E-state index is -0.504. The largest absolute Gasteiger partial charge is 0.462 e. The lowest BCUT2D eigenvalue weighted by atomic mass is 9.75. The molecular weight excluding hydrogens is 332 g/mol. The summed E-state index contributed by atoms with van der Waals surface area (Å²) in [6.45, 7) is 13.4. The molecular formula is C20H24N2O4. The van der Waals surface area contributed by atoms with E-state index in [0.717, 1.165) is 5.57 Å². The third-order valence-electron chi connectivity index (χ3n) is 4.35. The van der Waals surface area contributed by atoms with Crippen molar-refractivity contribution in [2.45, 2.75) is 41.0 Å². The van der Waals surface area contributed by atoms with E-state index in [1.807, 2.05) is 13.8 Å². The molecule has 0 aromatic carbocycles. The Bertz CT molecular complexity index is 824. The molecule has 0 saturated carbocycles. The van der Waals surface area contributed by atoms with Crippen molar-refractivity contribution in [2.24, 2.45) is 10.4 Å². The fraction of sp³-hybridized carbons (Fsp3) is 0.400. The van der Waals surface area contributed by atoms with Gasteiger partial charge in [0.2, 0.25) is 0 Å². The molecule has 1 aliphatic carbocycles. The summed E-state index contributed by atoms with van der Waals surface area (Å²) >= 11 is 0. The molecule has 0 saturated heterocycles. The highest BCUT2D eigenvalue weighted by atomic mass is 16.5. The summed E-state index contributed by atoms with van der Waals surface area (Å²) in [6, 6.07) is 0. The number of ketones is 1. The summed E-state index contributed by atoms with van der Waals surface area (Å²) in [6.07, 6.45) is 4.68. The van der Waals surface area contributed by atoms with E-state index in [9.17, 15) is 9.59 Å². The molecule has 0 N–H and O–H groups in total. The molecule has 0 amide bonds. The van der Waals surface area contributed by atoms with Crippen molar-refractivity contribution in [3.63, 3.8) is 0 Å². The smallest absolute Gasteiger partial charge is 0.340 e. The fourth-order valence-corrected chi connectivity index (χ4v) is 2.82. The fourth-order valence-electron chi connectivity index (χ4n) is 2.82. The second-order valence-corrected chi connectivity index (χ2v) is 6.82. The summed E-state index contributed by atoms with van der Waals surface area (Å²) in [5.41, 5.74) is 2.14. The second kappa shape index (κ2) is 7.64. The molecule has 1 heterocycles. The maximum atomic E-state index is 12.5. The highest BCUT2D eigenvalue weighted by Crippen LogP contribution is 2.38. The van der Waals surface area contributed by atoms with Crippen LogP contribution in [-0.2, 0) is 14.3 Å². The number of carbonyl (C=O) groups is 2. The van der Waals surface area contributed by atoms with Gasteiger partial charge in [0.1, 0.15) is 0 Å². The van der Waals surface area contributed by atoms with Gasteiger partial charge in [-0.1, -0.05) is 20.4 Å². The van der Waals surface area contributed by atoms with E-state index < -0.39 is 5.97 Å². The van der Waals surface area contributed by atoms with Gasteiger partial charge < -0.3 is 9.15 Å². The quantitative estimate of drug-likeness (QED) is 0.454. The zero-order valence-electron chi connectivity index (χ0n) is 15.9. The Balaban J connectivity index is 2.53. The molecule has 2 rings (SSSR count). The first-order valence-electron chi connectivity index (χ1n) is 8.44. The Labute approximate surface area is 153 Å². The van der Waals surface area contributed by atoms with E-state index in [1.54, 1.807) is 20.8 Å². The van der Waals surface area contributed by atoms with E-state index in [2.05, 4.69) is 16.6 Å². The number of aromatic nitrogens is 1. The van der Waals surface area contributed by atoms with E-state index in [1.165, 1.54) is 18.7 Å². The highest BCUT2D eigenvalue weighted by Gasteiger charge is 2.32. The van der Waals surface area contributed by atoms with Crippen LogP contribution in [0.3, 0.4) is 0 Å². The SMILES string of the molecule is C=C1C(N=C(C)/C(C(=O)OCC)=C(\C)c2cnco2)=CC(=O)CC1(C)C. The Morgan fingerprint density at radius 1 is 1.42 bits per heavy atom. The lowest BCUT2D eigenvalue weighted by Crippen LogP contribution is -2.24. The van der Waals surface area contributed by atoms with Crippen molar-refractivity contribution < 1.29 is 18.7 Å². The average molecular weight is 356 g/mol. The molecule has 0 fully saturated rings. The second-order valence-electron chi connectivity index (χ2n) is 6.82. The van der Waals surface area contributed by atoms with E-state index >= 15 is 0 Å². The number of hydrogen-bond donors (Lipinski definition) is 0. The molecule has 6 heteroatoms. The third-order valence-corrected chi connectivity index (χ3v) is 4.35. The topological polar surface area (TPSA) is 81.8 Å². The van der Waals surface area contributed by atoms with Gasteiger partial charge in [0.15, 0.2) is 17.9 Å². The monoisotopic (exact) mass is 356 g/mol. The maximum Gasteiger partial charge on any atom is 0.340 e. The van der Waals surface area contributed by atoms with E-state index in [-0.39, 0.29) is 23.4 Å². The molecule has 26 heavy (non-hydrogen) atoms. The molecule has 138 valence electrons. The van der Waals surface area contributed by atoms with Gasteiger partial charge >= 0.3 is 5.97 Å². The lowest BCUT2D eigenvalue weighted by Gasteiger charge is -2.30. The van der Waals surface area contributed by atoms with E-state index in [0.29, 0.717) is 29.2 Å². The van der Waals surface area contributed by atoms with Gasteiger partial charge in [-0.2, -0.15) is 0 Å². The van der Waals surface area contributed by atoms with Crippen molar-refractivity contribution in [3.8, 4) is 0 Å². The zero-order chi connectivity index (χ0) is 19.5. The third kappa shape index (κ3) is 4.07. The lowest BCUT2D eigenvalue weighted by molar-refractivity contribution is -0.137. The minimum absolute atomic E-state index is 0.0115. The van der Waals surface area contributed by atoms with Crippen LogP contribution in [0.25, 0.3) is 5.57 Å². The van der Waals surface area contributed by atoms with Gasteiger partial charge in [-0.05, 0) is 31.8 Å². The predicted octanol–water partition coefficient (Wildman–Crippen LogP) is 3.91. The van der Waals surface area contributed by atoms with Crippen molar-refractivity contribution >= 4 is 23.0 Å². The van der Waals surface area contributed by atoms with Crippen LogP contribution in [0.2, 0.25) is 0 Å². The number of rotatable bonds is 5. The Morgan fingerprint density at radius 2 is 2.12 bits per heavy atom. The number of allylic oxidation sites excluding steroid dienone is 3. The molecule has 6 nitrogen and oxygen atoms in total. The van der Waals surface area contributed by atoms with Crippen LogP contribution in [0.1, 0.15) is 46.8 Å². The molecule has 1 aromatic heterocycles. The molecule has 0 unspecified atom stereocenters. The molecule has 0 radical (unpaired) electrons. The first-order chi connectivity index (χ1) is 12.2. The maximum absolute atomic E-state index is 12.5. The highest BCUT2D eigenvalue weighted by molar-refractivity contribution is 6.24. The van der Waals surface area contributed by atoms with Gasteiger partial charge in [0.05, 0.1) is 29.8 Å². The number of hydrogen-bond acceptors (Lipinski definition) is 6. The van der Waals surface area contributed by atoms with Crippen molar-refractivity contribution in [3.05, 3.63) is 47.8 Å². The Morgan fingerprint density at radius 3 is 2.69 bits per heavy atom. The number of oxazole rings is 1. The Hall–Kier alpha value is -2.76. The van der Waals surface area contributed by atoms with Gasteiger partial charge in [-0.25, -0.2) is 9.78 Å². The number of esters is 1. The zero-order valence-corrected chi connectivity index (χ0v) is 15.9. The number of aliphatic imine (C=N–C) groups is 1. The first kappa shape index (κ1) is 19.6. The van der Waals surface area contributed by atoms with Crippen LogP contribution in [0.15, 0.2) is 51.5 Å². The molecule has 0 spiro atoms.